The van der Waals surface area contributed by atoms with Crippen molar-refractivity contribution in [1.29, 1.82) is 0 Å². The smallest absolute Gasteiger partial charge is 0.197 e. The van der Waals surface area contributed by atoms with E-state index in [0.717, 1.165) is 0 Å². The summed E-state index contributed by atoms with van der Waals surface area (Å²) < 4.78 is 0. The lowest BCUT2D eigenvalue weighted by molar-refractivity contribution is 0.1000. The van der Waals surface area contributed by atoms with Gasteiger partial charge in [0.2, 0.25) is 0 Å². The van der Waals surface area contributed by atoms with Gasteiger partial charge in [-0.25, -0.2) is 0 Å². The maximum Gasteiger partial charge on any atom is 0.197 e. The SMILES string of the molecule is O=C(c1ccccc1C(=O)c1cc2cc3ccccc3c(O)c2c(O)c1O)c1cc2cc3ccccc3c(O)c2c(O)c1O. The van der Waals surface area contributed by atoms with Gasteiger partial charge in [-0.05, 0) is 45.8 Å². The molecular formula is C36H22O8. The first kappa shape index (κ1) is 26.6. The van der Waals surface area contributed by atoms with E-state index in [9.17, 15) is 40.2 Å². The Labute approximate surface area is 248 Å². The molecule has 0 spiro atoms. The van der Waals surface area contributed by atoms with Gasteiger partial charge in [-0.3, -0.25) is 9.59 Å². The zero-order valence-electron chi connectivity index (χ0n) is 22.7. The van der Waals surface area contributed by atoms with Crippen molar-refractivity contribution in [3.05, 3.63) is 119 Å². The Hall–Kier alpha value is -6.28. The Morgan fingerprint density at radius 2 is 0.727 bits per heavy atom. The van der Waals surface area contributed by atoms with Crippen molar-refractivity contribution < 1.29 is 40.2 Å². The van der Waals surface area contributed by atoms with E-state index in [1.807, 2.05) is 0 Å². The van der Waals surface area contributed by atoms with Gasteiger partial charge in [0.15, 0.2) is 34.6 Å². The van der Waals surface area contributed by atoms with Crippen LogP contribution in [0.25, 0.3) is 43.1 Å². The maximum absolute atomic E-state index is 13.9. The Balaban J connectivity index is 1.38. The molecule has 7 aromatic rings. The van der Waals surface area contributed by atoms with Crippen molar-refractivity contribution in [2.75, 3.05) is 0 Å². The number of benzene rings is 7. The molecule has 7 rings (SSSR count). The van der Waals surface area contributed by atoms with E-state index in [-0.39, 0.29) is 55.3 Å². The van der Waals surface area contributed by atoms with Crippen molar-refractivity contribution in [1.82, 2.24) is 0 Å². The lowest BCUT2D eigenvalue weighted by Crippen LogP contribution is -2.11. The molecule has 0 aliphatic heterocycles. The summed E-state index contributed by atoms with van der Waals surface area (Å²) in [5, 5.41) is 68.0. The number of phenols is 6. The van der Waals surface area contributed by atoms with Gasteiger partial charge in [0.25, 0.3) is 0 Å². The molecule has 8 nitrogen and oxygen atoms in total. The zero-order valence-corrected chi connectivity index (χ0v) is 22.7. The first-order chi connectivity index (χ1) is 21.2. The molecule has 0 bridgehead atoms. The summed E-state index contributed by atoms with van der Waals surface area (Å²) in [4.78, 5) is 27.8. The van der Waals surface area contributed by atoms with Crippen LogP contribution in [0.3, 0.4) is 0 Å². The first-order valence-corrected chi connectivity index (χ1v) is 13.5. The normalized spacial score (nSPS) is 11.5. The first-order valence-electron chi connectivity index (χ1n) is 13.5. The van der Waals surface area contributed by atoms with E-state index >= 15 is 0 Å². The highest BCUT2D eigenvalue weighted by Gasteiger charge is 2.28. The number of phenolic OH excluding ortho intramolecular Hbond substituents is 6. The minimum absolute atomic E-state index is 0.0329. The van der Waals surface area contributed by atoms with Crippen LogP contribution in [0.1, 0.15) is 31.8 Å². The maximum atomic E-state index is 13.9. The van der Waals surface area contributed by atoms with E-state index in [1.54, 1.807) is 60.7 Å². The minimum Gasteiger partial charge on any atom is -0.507 e. The zero-order chi connectivity index (χ0) is 30.9. The van der Waals surface area contributed by atoms with Gasteiger partial charge in [0, 0.05) is 21.9 Å². The van der Waals surface area contributed by atoms with Gasteiger partial charge in [-0.15, -0.1) is 0 Å². The molecule has 0 aromatic heterocycles. The largest absolute Gasteiger partial charge is 0.507 e. The number of hydrogen-bond acceptors (Lipinski definition) is 8. The fourth-order valence-electron chi connectivity index (χ4n) is 5.88. The second-order valence-electron chi connectivity index (χ2n) is 10.5. The average molecular weight is 583 g/mol. The number of carbonyl (C=O) groups is 2. The summed E-state index contributed by atoms with van der Waals surface area (Å²) in [6, 6.07) is 25.5. The molecule has 0 atom stereocenters. The van der Waals surface area contributed by atoms with Crippen LogP contribution in [-0.2, 0) is 0 Å². The molecule has 6 N–H and O–H groups in total. The fraction of sp³-hybridized carbons (Fsp3) is 0. The van der Waals surface area contributed by atoms with Crippen LogP contribution in [-0.4, -0.2) is 42.2 Å². The van der Waals surface area contributed by atoms with Gasteiger partial charge in [0.05, 0.1) is 21.9 Å². The van der Waals surface area contributed by atoms with Gasteiger partial charge in [0.1, 0.15) is 11.5 Å². The predicted octanol–water partition coefficient (Wildman–Crippen LogP) is 7.00. The molecule has 214 valence electrons. The summed E-state index contributed by atoms with van der Waals surface area (Å²) in [6.07, 6.45) is 0. The van der Waals surface area contributed by atoms with Crippen molar-refractivity contribution in [3.63, 3.8) is 0 Å². The minimum atomic E-state index is -0.801. The van der Waals surface area contributed by atoms with Crippen LogP contribution in [0.4, 0.5) is 0 Å². The summed E-state index contributed by atoms with van der Waals surface area (Å²) in [6.45, 7) is 0. The van der Waals surface area contributed by atoms with Crippen LogP contribution in [0.5, 0.6) is 34.5 Å². The summed E-state index contributed by atoms with van der Waals surface area (Å²) in [7, 11) is 0. The highest BCUT2D eigenvalue weighted by atomic mass is 16.3. The van der Waals surface area contributed by atoms with Gasteiger partial charge in [-0.1, -0.05) is 72.8 Å². The van der Waals surface area contributed by atoms with Gasteiger partial charge < -0.3 is 30.6 Å². The van der Waals surface area contributed by atoms with Crippen molar-refractivity contribution in [3.8, 4) is 34.5 Å². The molecule has 0 fully saturated rings. The molecule has 0 radical (unpaired) electrons. The molecule has 0 aliphatic carbocycles. The quantitative estimate of drug-likeness (QED) is 0.0737. The lowest BCUT2D eigenvalue weighted by atomic mass is 9.89. The highest BCUT2D eigenvalue weighted by molar-refractivity contribution is 6.24. The highest BCUT2D eigenvalue weighted by Crippen LogP contribution is 2.47. The number of hydrogen-bond donors (Lipinski definition) is 6. The Bertz CT molecular complexity index is 2220. The Morgan fingerprint density at radius 1 is 0.364 bits per heavy atom. The summed E-state index contributed by atoms with van der Waals surface area (Å²) >= 11 is 0. The molecule has 0 aliphatic rings. The molecular weight excluding hydrogens is 560 g/mol. The van der Waals surface area contributed by atoms with Crippen molar-refractivity contribution in [2.45, 2.75) is 0 Å². The van der Waals surface area contributed by atoms with Gasteiger partial charge in [-0.2, -0.15) is 0 Å². The molecule has 8 heteroatoms. The van der Waals surface area contributed by atoms with Crippen LogP contribution in [0.2, 0.25) is 0 Å². The van der Waals surface area contributed by atoms with Gasteiger partial charge >= 0.3 is 0 Å². The molecule has 0 saturated carbocycles. The number of rotatable bonds is 4. The third-order valence-electron chi connectivity index (χ3n) is 8.04. The Kier molecular flexibility index (Phi) is 5.83. The summed E-state index contributed by atoms with van der Waals surface area (Å²) in [5.41, 5.74) is -0.910. The topological polar surface area (TPSA) is 156 Å². The number of carbonyl (C=O) groups excluding carboxylic acids is 2. The molecule has 7 aromatic carbocycles. The molecule has 0 heterocycles. The third-order valence-corrected chi connectivity index (χ3v) is 8.04. The molecule has 0 unspecified atom stereocenters. The number of fused-ring (bicyclic) bond motifs is 4. The van der Waals surface area contributed by atoms with E-state index in [4.69, 9.17) is 0 Å². The second kappa shape index (κ2) is 9.64. The fourth-order valence-corrected chi connectivity index (χ4v) is 5.88. The predicted molar refractivity (Wildman–Crippen MR) is 166 cm³/mol. The lowest BCUT2D eigenvalue weighted by Gasteiger charge is -2.15. The van der Waals surface area contributed by atoms with E-state index in [1.165, 1.54) is 36.4 Å². The number of aromatic hydroxyl groups is 6. The van der Waals surface area contributed by atoms with Crippen LogP contribution < -0.4 is 0 Å². The van der Waals surface area contributed by atoms with E-state index in [0.29, 0.717) is 21.5 Å². The second-order valence-corrected chi connectivity index (χ2v) is 10.5. The van der Waals surface area contributed by atoms with E-state index in [2.05, 4.69) is 0 Å². The molecule has 0 saturated heterocycles. The van der Waals surface area contributed by atoms with Crippen LogP contribution >= 0.6 is 0 Å². The average Bonchev–Trinajstić information content (AvgIpc) is 3.03. The van der Waals surface area contributed by atoms with Crippen LogP contribution in [0, 0.1) is 0 Å². The third kappa shape index (κ3) is 3.78. The standard InChI is InChI=1S/C36H22O8/c37-29(25-15-19-13-17-7-1-3-9-21(17)31(39)27(19)35(43)33(25)41)23-11-5-6-12-24(23)30(38)26-16-20-14-18-8-2-4-10-22(18)32(40)28(20)36(44)34(26)42/h1-16,39-44H. The monoisotopic (exact) mass is 582 g/mol. The molecule has 0 amide bonds. The van der Waals surface area contributed by atoms with Crippen molar-refractivity contribution >= 4 is 54.7 Å². The van der Waals surface area contributed by atoms with E-state index < -0.39 is 34.6 Å². The van der Waals surface area contributed by atoms with Crippen molar-refractivity contribution in [2.24, 2.45) is 0 Å². The Morgan fingerprint density at radius 3 is 1.14 bits per heavy atom. The van der Waals surface area contributed by atoms with Crippen LogP contribution in [0.15, 0.2) is 97.1 Å². The molecule has 44 heavy (non-hydrogen) atoms. The summed E-state index contributed by atoms with van der Waals surface area (Å²) in [5.74, 6) is -5.05. The number of ketones is 2.